The normalized spacial score (nSPS) is 16.4. The number of thioether (sulfide) groups is 1. The second-order valence-corrected chi connectivity index (χ2v) is 7.00. The number of ether oxygens (including phenoxy) is 3. The lowest BCUT2D eigenvalue weighted by Crippen LogP contribution is -2.23. The van der Waals surface area contributed by atoms with Gasteiger partial charge in [-0.1, -0.05) is 12.1 Å². The topological polar surface area (TPSA) is 77.4 Å². The van der Waals surface area contributed by atoms with Crippen molar-refractivity contribution >= 4 is 40.6 Å². The van der Waals surface area contributed by atoms with E-state index in [1.807, 2.05) is 12.1 Å². The summed E-state index contributed by atoms with van der Waals surface area (Å²) >= 11 is 1.26. The van der Waals surface area contributed by atoms with Crippen molar-refractivity contribution in [1.29, 1.82) is 0 Å². The summed E-state index contributed by atoms with van der Waals surface area (Å²) < 4.78 is 15.4. The van der Waals surface area contributed by atoms with Gasteiger partial charge >= 0.3 is 5.97 Å². The van der Waals surface area contributed by atoms with Crippen LogP contribution in [0.4, 0.5) is 5.69 Å². The number of methoxy groups -OCH3 is 3. The molecule has 0 aromatic heterocycles. The molecule has 1 aliphatic heterocycles. The van der Waals surface area contributed by atoms with Gasteiger partial charge in [0.15, 0.2) is 16.7 Å². The highest BCUT2D eigenvalue weighted by atomic mass is 32.2. The summed E-state index contributed by atoms with van der Waals surface area (Å²) in [4.78, 5) is 30.7. The maximum Gasteiger partial charge on any atom is 0.337 e. The molecule has 150 valence electrons. The molecule has 1 saturated heterocycles. The highest BCUT2D eigenvalue weighted by Gasteiger charge is 2.30. The molecule has 0 saturated carbocycles. The van der Waals surface area contributed by atoms with E-state index < -0.39 is 5.97 Å². The lowest BCUT2D eigenvalue weighted by atomic mass is 10.1. The van der Waals surface area contributed by atoms with Crippen molar-refractivity contribution in [2.24, 2.45) is 4.99 Å². The largest absolute Gasteiger partial charge is 0.493 e. The first-order valence-electron chi connectivity index (χ1n) is 8.64. The van der Waals surface area contributed by atoms with Gasteiger partial charge in [-0.05, 0) is 48.2 Å². The van der Waals surface area contributed by atoms with Crippen LogP contribution in [-0.2, 0) is 9.53 Å². The van der Waals surface area contributed by atoms with E-state index in [2.05, 4.69) is 9.73 Å². The number of rotatable bonds is 5. The Kier molecular flexibility index (Phi) is 6.23. The molecule has 1 amide bonds. The van der Waals surface area contributed by atoms with Crippen LogP contribution >= 0.6 is 11.8 Å². The molecule has 29 heavy (non-hydrogen) atoms. The fourth-order valence-electron chi connectivity index (χ4n) is 2.72. The van der Waals surface area contributed by atoms with Crippen molar-refractivity contribution in [2.45, 2.75) is 0 Å². The Balaban J connectivity index is 1.89. The van der Waals surface area contributed by atoms with Gasteiger partial charge in [-0.2, -0.15) is 0 Å². The molecular formula is C21H20N2O5S. The number of amides is 1. The van der Waals surface area contributed by atoms with Crippen molar-refractivity contribution in [1.82, 2.24) is 4.90 Å². The van der Waals surface area contributed by atoms with Crippen molar-refractivity contribution < 1.29 is 23.8 Å². The van der Waals surface area contributed by atoms with Crippen LogP contribution < -0.4 is 9.47 Å². The maximum atomic E-state index is 12.7. The lowest BCUT2D eigenvalue weighted by Gasteiger charge is -2.10. The first-order valence-corrected chi connectivity index (χ1v) is 9.45. The summed E-state index contributed by atoms with van der Waals surface area (Å²) in [6.45, 7) is 0. The van der Waals surface area contributed by atoms with Crippen LogP contribution in [0.2, 0.25) is 0 Å². The van der Waals surface area contributed by atoms with E-state index in [1.54, 1.807) is 57.7 Å². The summed E-state index contributed by atoms with van der Waals surface area (Å²) in [5.41, 5.74) is 1.80. The second-order valence-electron chi connectivity index (χ2n) is 5.99. The number of nitrogens with zero attached hydrogens (tertiary/aromatic N) is 2. The number of carbonyl (C=O) groups excluding carboxylic acids is 2. The predicted molar refractivity (Wildman–Crippen MR) is 113 cm³/mol. The fraction of sp³-hybridized carbons (Fsp3) is 0.190. The van der Waals surface area contributed by atoms with Crippen LogP contribution in [0.15, 0.2) is 52.4 Å². The number of aliphatic imine (C=N–C) groups is 1. The van der Waals surface area contributed by atoms with Gasteiger partial charge < -0.3 is 14.2 Å². The van der Waals surface area contributed by atoms with Gasteiger partial charge in [-0.25, -0.2) is 9.79 Å². The van der Waals surface area contributed by atoms with Crippen LogP contribution in [0.1, 0.15) is 15.9 Å². The van der Waals surface area contributed by atoms with E-state index in [1.165, 1.54) is 23.8 Å². The van der Waals surface area contributed by atoms with Crippen molar-refractivity contribution in [3.8, 4) is 11.5 Å². The van der Waals surface area contributed by atoms with E-state index in [-0.39, 0.29) is 5.91 Å². The number of likely N-dealkylation sites (N-methyl/N-ethyl adjacent to an activating group) is 1. The number of para-hydroxylation sites is 1. The molecule has 3 rings (SSSR count). The van der Waals surface area contributed by atoms with E-state index in [0.717, 1.165) is 5.56 Å². The van der Waals surface area contributed by atoms with Gasteiger partial charge in [0, 0.05) is 12.6 Å². The molecule has 0 atom stereocenters. The molecule has 0 unspecified atom stereocenters. The highest BCUT2D eigenvalue weighted by Crippen LogP contribution is 2.37. The zero-order chi connectivity index (χ0) is 21.0. The van der Waals surface area contributed by atoms with Crippen molar-refractivity contribution in [3.05, 3.63) is 58.5 Å². The van der Waals surface area contributed by atoms with Crippen LogP contribution in [0.5, 0.6) is 11.5 Å². The van der Waals surface area contributed by atoms with Crippen LogP contribution in [0, 0.1) is 0 Å². The van der Waals surface area contributed by atoms with E-state index in [9.17, 15) is 9.59 Å². The lowest BCUT2D eigenvalue weighted by molar-refractivity contribution is -0.121. The third-order valence-corrected chi connectivity index (χ3v) is 5.30. The van der Waals surface area contributed by atoms with Crippen molar-refractivity contribution in [2.75, 3.05) is 28.4 Å². The van der Waals surface area contributed by atoms with E-state index >= 15 is 0 Å². The molecular weight excluding hydrogens is 392 g/mol. The Morgan fingerprint density at radius 3 is 2.41 bits per heavy atom. The predicted octanol–water partition coefficient (Wildman–Crippen LogP) is 3.72. The maximum absolute atomic E-state index is 12.7. The molecule has 0 aliphatic carbocycles. The molecule has 2 aromatic rings. The Labute approximate surface area is 173 Å². The molecule has 7 nitrogen and oxygen atoms in total. The van der Waals surface area contributed by atoms with E-state index in [4.69, 9.17) is 9.47 Å². The zero-order valence-electron chi connectivity index (χ0n) is 16.5. The molecule has 1 heterocycles. The number of hydrogen-bond acceptors (Lipinski definition) is 7. The SMILES string of the molecule is COC(=O)c1ccc(N=C2SC(=Cc3cccc(OC)c3OC)C(=O)N2C)cc1. The summed E-state index contributed by atoms with van der Waals surface area (Å²) in [6, 6.07) is 12.1. The molecule has 0 bridgehead atoms. The minimum atomic E-state index is -0.413. The average molecular weight is 412 g/mol. The molecule has 0 N–H and O–H groups in total. The number of carbonyl (C=O) groups is 2. The highest BCUT2D eigenvalue weighted by molar-refractivity contribution is 8.18. The molecule has 0 radical (unpaired) electrons. The van der Waals surface area contributed by atoms with Crippen molar-refractivity contribution in [3.63, 3.8) is 0 Å². The Morgan fingerprint density at radius 2 is 1.79 bits per heavy atom. The summed E-state index contributed by atoms with van der Waals surface area (Å²) in [5, 5.41) is 0.536. The molecule has 0 spiro atoms. The minimum absolute atomic E-state index is 0.162. The number of esters is 1. The Hall–Kier alpha value is -3.26. The summed E-state index contributed by atoms with van der Waals surface area (Å²) in [6.07, 6.45) is 1.76. The Morgan fingerprint density at radius 1 is 1.07 bits per heavy atom. The molecule has 1 fully saturated rings. The standard InChI is InChI=1S/C21H20N2O5S/c1-23-19(24)17(12-14-6-5-7-16(26-2)18(14)27-3)29-21(23)22-15-10-8-13(9-11-15)20(25)28-4/h5-12H,1-4H3. The van der Waals surface area contributed by atoms with Crippen LogP contribution in [-0.4, -0.2) is 50.3 Å². The van der Waals surface area contributed by atoms with Gasteiger partial charge in [0.25, 0.3) is 5.91 Å². The fourth-order valence-corrected chi connectivity index (χ4v) is 3.70. The van der Waals surface area contributed by atoms with Gasteiger partial charge in [0.05, 0.1) is 37.5 Å². The molecule has 8 heteroatoms. The van der Waals surface area contributed by atoms with Gasteiger partial charge in [-0.15, -0.1) is 0 Å². The number of hydrogen-bond donors (Lipinski definition) is 0. The third kappa shape index (κ3) is 4.27. The minimum Gasteiger partial charge on any atom is -0.493 e. The molecule has 1 aliphatic rings. The van der Waals surface area contributed by atoms with Gasteiger partial charge in [-0.3, -0.25) is 9.69 Å². The smallest absolute Gasteiger partial charge is 0.337 e. The van der Waals surface area contributed by atoms with Gasteiger partial charge in [0.2, 0.25) is 0 Å². The van der Waals surface area contributed by atoms with Crippen LogP contribution in [0.25, 0.3) is 6.08 Å². The average Bonchev–Trinajstić information content (AvgIpc) is 3.01. The third-order valence-electron chi connectivity index (χ3n) is 4.24. The first kappa shape index (κ1) is 20.5. The Bertz CT molecular complexity index is 999. The summed E-state index contributed by atoms with van der Waals surface area (Å²) in [5.74, 6) is 0.571. The monoisotopic (exact) mass is 412 g/mol. The second kappa shape index (κ2) is 8.83. The zero-order valence-corrected chi connectivity index (χ0v) is 17.3. The van der Waals surface area contributed by atoms with E-state index in [0.29, 0.717) is 32.8 Å². The molecule has 2 aromatic carbocycles. The van der Waals surface area contributed by atoms with Gasteiger partial charge in [0.1, 0.15) is 0 Å². The number of benzene rings is 2. The quantitative estimate of drug-likeness (QED) is 0.550. The summed E-state index contributed by atoms with van der Waals surface area (Å²) in [7, 11) is 6.12. The van der Waals surface area contributed by atoms with Crippen LogP contribution in [0.3, 0.4) is 0 Å². The number of amidine groups is 1. The first-order chi connectivity index (χ1) is 14.0.